The molecule has 0 unspecified atom stereocenters. The first-order valence-electron chi connectivity index (χ1n) is 3.12. The summed E-state index contributed by atoms with van der Waals surface area (Å²) in [5, 5.41) is 8.82. The smallest absolute Gasteiger partial charge is 0.307 e. The van der Waals surface area contributed by atoms with Crippen molar-refractivity contribution >= 4 is 33.5 Å². The lowest BCUT2D eigenvalue weighted by Gasteiger charge is -1.99. The van der Waals surface area contributed by atoms with E-state index in [0.29, 0.717) is 15.3 Å². The van der Waals surface area contributed by atoms with E-state index in [4.69, 9.17) is 16.7 Å². The molecule has 1 heterocycles. The molecule has 0 atom stereocenters. The Labute approximate surface area is 82.5 Å². The molecule has 0 bridgehead atoms. The zero-order valence-electron chi connectivity index (χ0n) is 5.92. The molecule has 0 aliphatic heterocycles. The molecule has 5 heteroatoms. The van der Waals surface area contributed by atoms with Crippen LogP contribution in [-0.2, 0) is 11.2 Å². The lowest BCUT2D eigenvalue weighted by molar-refractivity contribution is -0.136. The first kappa shape index (κ1) is 9.48. The molecule has 0 aliphatic rings. The highest BCUT2D eigenvalue weighted by molar-refractivity contribution is 9.10. The van der Waals surface area contributed by atoms with Gasteiger partial charge in [-0.2, -0.15) is 0 Å². The van der Waals surface area contributed by atoms with Gasteiger partial charge in [0.2, 0.25) is 0 Å². The molecule has 12 heavy (non-hydrogen) atoms. The number of hydrogen-bond donors (Lipinski definition) is 1. The number of carbonyl (C=O) groups is 1. The van der Waals surface area contributed by atoms with Crippen LogP contribution in [0.2, 0.25) is 5.15 Å². The second-order valence-electron chi connectivity index (χ2n) is 2.15. The molecule has 3 nitrogen and oxygen atoms in total. The minimum absolute atomic E-state index is 0.0508. The van der Waals surface area contributed by atoms with Crippen molar-refractivity contribution in [3.8, 4) is 0 Å². The quantitative estimate of drug-likeness (QED) is 0.818. The number of carboxylic acid groups (broad SMARTS) is 1. The molecule has 1 aromatic rings. The molecular weight excluding hydrogens is 245 g/mol. The largest absolute Gasteiger partial charge is 0.481 e. The summed E-state index contributed by atoms with van der Waals surface area (Å²) in [4.78, 5) is 14.2. The van der Waals surface area contributed by atoms with E-state index in [-0.39, 0.29) is 6.42 Å². The Morgan fingerprint density at radius 3 is 2.83 bits per heavy atom. The van der Waals surface area contributed by atoms with Gasteiger partial charge in [0.25, 0.3) is 0 Å². The van der Waals surface area contributed by atoms with E-state index in [0.717, 1.165) is 0 Å². The number of halogens is 2. The Balaban J connectivity index is 2.93. The van der Waals surface area contributed by atoms with Gasteiger partial charge in [0.15, 0.2) is 0 Å². The predicted molar refractivity (Wildman–Crippen MR) is 48.3 cm³/mol. The lowest BCUT2D eigenvalue weighted by Crippen LogP contribution is -2.01. The maximum atomic E-state index is 10.3. The third-order valence-corrected chi connectivity index (χ3v) is 2.13. The van der Waals surface area contributed by atoms with E-state index in [2.05, 4.69) is 20.9 Å². The van der Waals surface area contributed by atoms with Crippen LogP contribution in [0.15, 0.2) is 16.7 Å². The molecule has 0 saturated carbocycles. The molecule has 0 aromatic carbocycles. The van der Waals surface area contributed by atoms with Crippen LogP contribution in [-0.4, -0.2) is 16.1 Å². The van der Waals surface area contributed by atoms with Gasteiger partial charge in [-0.1, -0.05) is 17.7 Å². The summed E-state index contributed by atoms with van der Waals surface area (Å²) in [6, 6.07) is 3.19. The number of aliphatic carboxylic acids is 1. The van der Waals surface area contributed by atoms with Crippen molar-refractivity contribution in [3.63, 3.8) is 0 Å². The summed E-state index contributed by atoms with van der Waals surface area (Å²) in [7, 11) is 0. The summed E-state index contributed by atoms with van der Waals surface area (Å²) >= 11 is 8.68. The highest BCUT2D eigenvalue weighted by Crippen LogP contribution is 2.17. The van der Waals surface area contributed by atoms with Crippen LogP contribution >= 0.6 is 27.5 Å². The van der Waals surface area contributed by atoms with Crippen molar-refractivity contribution in [2.45, 2.75) is 6.42 Å². The maximum Gasteiger partial charge on any atom is 0.307 e. The molecule has 0 fully saturated rings. The van der Waals surface area contributed by atoms with Gasteiger partial charge < -0.3 is 5.11 Å². The molecule has 1 aromatic heterocycles. The number of aromatic nitrogens is 1. The Morgan fingerprint density at radius 2 is 2.33 bits per heavy atom. The van der Waals surface area contributed by atoms with Crippen molar-refractivity contribution < 1.29 is 9.90 Å². The summed E-state index contributed by atoms with van der Waals surface area (Å²) in [6.07, 6.45) is -0.0508. The van der Waals surface area contributed by atoms with Gasteiger partial charge in [-0.3, -0.25) is 4.79 Å². The minimum Gasteiger partial charge on any atom is -0.481 e. The van der Waals surface area contributed by atoms with Gasteiger partial charge in [-0.25, -0.2) is 4.98 Å². The van der Waals surface area contributed by atoms with Crippen molar-refractivity contribution in [1.29, 1.82) is 0 Å². The Bertz CT molecular complexity index is 316. The zero-order valence-corrected chi connectivity index (χ0v) is 8.26. The van der Waals surface area contributed by atoms with E-state index in [1.807, 2.05) is 0 Å². The van der Waals surface area contributed by atoms with E-state index >= 15 is 0 Å². The summed E-state index contributed by atoms with van der Waals surface area (Å²) < 4.78 is 0.484. The van der Waals surface area contributed by atoms with E-state index in [1.165, 1.54) is 0 Å². The number of carboxylic acids is 1. The fraction of sp³-hybridized carbons (Fsp3) is 0.143. The highest BCUT2D eigenvalue weighted by Gasteiger charge is 2.05. The second kappa shape index (κ2) is 3.87. The molecule has 64 valence electrons. The summed E-state index contributed by atoms with van der Waals surface area (Å²) in [5.74, 6) is -0.889. The monoisotopic (exact) mass is 249 g/mol. The standard InChI is InChI=1S/C7H5BrClNO2/c8-7-4(3-6(11)12)1-2-5(9)10-7/h1-2H,3H2,(H,11,12). The van der Waals surface area contributed by atoms with Gasteiger partial charge >= 0.3 is 5.97 Å². The fourth-order valence-electron chi connectivity index (χ4n) is 0.736. The Morgan fingerprint density at radius 1 is 1.67 bits per heavy atom. The van der Waals surface area contributed by atoms with E-state index in [1.54, 1.807) is 12.1 Å². The molecular formula is C7H5BrClNO2. The van der Waals surface area contributed by atoms with Crippen LogP contribution in [0, 0.1) is 0 Å². The number of pyridine rings is 1. The topological polar surface area (TPSA) is 50.2 Å². The van der Waals surface area contributed by atoms with Crippen molar-refractivity contribution in [2.24, 2.45) is 0 Å². The molecule has 1 rings (SSSR count). The van der Waals surface area contributed by atoms with E-state index < -0.39 is 5.97 Å². The van der Waals surface area contributed by atoms with Gasteiger partial charge in [0.1, 0.15) is 9.76 Å². The second-order valence-corrected chi connectivity index (χ2v) is 3.29. The van der Waals surface area contributed by atoms with Crippen molar-refractivity contribution in [2.75, 3.05) is 0 Å². The van der Waals surface area contributed by atoms with Crippen molar-refractivity contribution in [1.82, 2.24) is 4.98 Å². The van der Waals surface area contributed by atoms with E-state index in [9.17, 15) is 4.79 Å². The molecule has 1 N–H and O–H groups in total. The minimum atomic E-state index is -0.889. The Kier molecular flexibility index (Phi) is 3.05. The number of rotatable bonds is 2. The van der Waals surface area contributed by atoms with Crippen LogP contribution in [0.4, 0.5) is 0 Å². The van der Waals surface area contributed by atoms with Crippen LogP contribution in [0.5, 0.6) is 0 Å². The molecule has 0 amide bonds. The van der Waals surface area contributed by atoms with Gasteiger partial charge in [0, 0.05) is 0 Å². The maximum absolute atomic E-state index is 10.3. The average molecular weight is 250 g/mol. The van der Waals surface area contributed by atoms with Gasteiger partial charge in [-0.15, -0.1) is 0 Å². The Hall–Kier alpha value is -0.610. The first-order chi connectivity index (χ1) is 5.59. The third kappa shape index (κ3) is 2.46. The number of nitrogens with zero attached hydrogens (tertiary/aromatic N) is 1. The molecule has 0 aliphatic carbocycles. The molecule has 0 radical (unpaired) electrons. The van der Waals surface area contributed by atoms with Crippen LogP contribution in [0.3, 0.4) is 0 Å². The predicted octanol–water partition coefficient (Wildman–Crippen LogP) is 2.12. The fourth-order valence-corrected chi connectivity index (χ4v) is 1.45. The SMILES string of the molecule is O=C(O)Cc1ccc(Cl)nc1Br. The van der Waals surface area contributed by atoms with Crippen LogP contribution in [0.25, 0.3) is 0 Å². The normalized spacial score (nSPS) is 9.83. The van der Waals surface area contributed by atoms with Crippen LogP contribution < -0.4 is 0 Å². The third-order valence-electron chi connectivity index (χ3n) is 1.23. The van der Waals surface area contributed by atoms with Crippen molar-refractivity contribution in [3.05, 3.63) is 27.5 Å². The molecule has 0 spiro atoms. The highest BCUT2D eigenvalue weighted by atomic mass is 79.9. The van der Waals surface area contributed by atoms with Crippen LogP contribution in [0.1, 0.15) is 5.56 Å². The molecule has 0 saturated heterocycles. The van der Waals surface area contributed by atoms with Gasteiger partial charge in [0.05, 0.1) is 6.42 Å². The lowest BCUT2D eigenvalue weighted by atomic mass is 10.2. The first-order valence-corrected chi connectivity index (χ1v) is 4.29. The zero-order chi connectivity index (χ0) is 9.14. The number of hydrogen-bond acceptors (Lipinski definition) is 2. The average Bonchev–Trinajstić information content (AvgIpc) is 1.94. The summed E-state index contributed by atoms with van der Waals surface area (Å²) in [6.45, 7) is 0. The van der Waals surface area contributed by atoms with Gasteiger partial charge in [-0.05, 0) is 27.6 Å². The summed E-state index contributed by atoms with van der Waals surface area (Å²) in [5.41, 5.74) is 0.618.